The Bertz CT molecular complexity index is 1000. The number of benzene rings is 2. The Kier molecular flexibility index (Phi) is 8.17. The highest BCUT2D eigenvalue weighted by Crippen LogP contribution is 2.20. The van der Waals surface area contributed by atoms with Crippen LogP contribution in [0.25, 0.3) is 0 Å². The van der Waals surface area contributed by atoms with E-state index < -0.39 is 34.8 Å². The van der Waals surface area contributed by atoms with Crippen molar-refractivity contribution in [3.05, 3.63) is 53.6 Å². The molecule has 1 saturated heterocycles. The second-order valence-electron chi connectivity index (χ2n) is 6.76. The minimum absolute atomic E-state index is 0.0102. The average molecular weight is 480 g/mol. The van der Waals surface area contributed by atoms with Crippen molar-refractivity contribution >= 4 is 57.6 Å². The second kappa shape index (κ2) is 11.0. The zero-order valence-electron chi connectivity index (χ0n) is 16.7. The van der Waals surface area contributed by atoms with Crippen LogP contribution in [0, 0.1) is 0 Å². The summed E-state index contributed by atoms with van der Waals surface area (Å²) >= 11 is 3.22. The number of ether oxygens (including phenoxy) is 1. The minimum Gasteiger partial charge on any atom is -0.772 e. The Balaban J connectivity index is 1.62. The highest BCUT2D eigenvalue weighted by Gasteiger charge is 2.23. The van der Waals surface area contributed by atoms with Crippen molar-refractivity contribution in [1.29, 1.82) is 0 Å². The summed E-state index contributed by atoms with van der Waals surface area (Å²) in [4.78, 5) is 38.3. The van der Waals surface area contributed by atoms with E-state index in [1.165, 1.54) is 0 Å². The van der Waals surface area contributed by atoms with E-state index >= 15 is 0 Å². The van der Waals surface area contributed by atoms with Crippen LogP contribution in [0.3, 0.4) is 0 Å². The quantitative estimate of drug-likeness (QED) is 0.516. The largest absolute Gasteiger partial charge is 0.772 e. The molecular weight excluding hydrogens is 460 g/mol. The number of anilines is 3. The third-order valence-electron chi connectivity index (χ3n) is 4.46. The molecule has 1 unspecified atom stereocenters. The van der Waals surface area contributed by atoms with Crippen LogP contribution in [0.1, 0.15) is 0 Å². The third kappa shape index (κ3) is 6.76. The number of carbonyl (C=O) groups is 3. The summed E-state index contributed by atoms with van der Waals surface area (Å²) in [5.41, 5.74) is 1.44. The van der Waals surface area contributed by atoms with E-state index in [0.717, 1.165) is 0 Å². The van der Waals surface area contributed by atoms with Gasteiger partial charge in [-0.25, -0.2) is 4.79 Å². The van der Waals surface area contributed by atoms with Gasteiger partial charge in [-0.1, -0.05) is 22.7 Å². The average Bonchev–Trinajstić information content (AvgIpc) is 2.75. The topological polar surface area (TPSA) is 140 Å². The van der Waals surface area contributed by atoms with Crippen LogP contribution in [0.2, 0.25) is 5.02 Å². The summed E-state index contributed by atoms with van der Waals surface area (Å²) in [7, 11) is 0. The number of nitrogens with one attached hydrogen (secondary N) is 3. The summed E-state index contributed by atoms with van der Waals surface area (Å²) in [6.07, 6.45) is 0. The van der Waals surface area contributed by atoms with Crippen molar-refractivity contribution in [1.82, 2.24) is 5.32 Å². The normalized spacial score (nSPS) is 15.6. The Morgan fingerprint density at radius 2 is 1.72 bits per heavy atom. The molecule has 1 fully saturated rings. The predicted octanol–water partition coefficient (Wildman–Crippen LogP) is 1.71. The predicted molar refractivity (Wildman–Crippen MR) is 119 cm³/mol. The van der Waals surface area contributed by atoms with Gasteiger partial charge in [-0.2, -0.15) is 0 Å². The maximum absolute atomic E-state index is 12.6. The van der Waals surface area contributed by atoms with Crippen LogP contribution >= 0.6 is 11.6 Å². The third-order valence-corrected chi connectivity index (χ3v) is 5.32. The lowest BCUT2D eigenvalue weighted by molar-refractivity contribution is -0.125. The number of morpholine rings is 1. The summed E-state index contributed by atoms with van der Waals surface area (Å²) < 4.78 is 27.5. The van der Waals surface area contributed by atoms with E-state index in [1.54, 1.807) is 53.4 Å². The molecule has 12 heteroatoms. The van der Waals surface area contributed by atoms with Crippen LogP contribution in [0.15, 0.2) is 48.5 Å². The lowest BCUT2D eigenvalue weighted by atomic mass is 10.2. The van der Waals surface area contributed by atoms with Gasteiger partial charge in [0.25, 0.3) is 5.91 Å². The summed E-state index contributed by atoms with van der Waals surface area (Å²) in [5, 5.41) is 7.90. The van der Waals surface area contributed by atoms with E-state index in [-0.39, 0.29) is 12.5 Å². The monoisotopic (exact) mass is 479 g/mol. The number of nitrogens with zero attached hydrogens (tertiary/aromatic N) is 1. The first-order valence-electron chi connectivity index (χ1n) is 9.50. The van der Waals surface area contributed by atoms with Crippen molar-refractivity contribution in [3.8, 4) is 0 Å². The zero-order chi connectivity index (χ0) is 23.1. The highest BCUT2D eigenvalue weighted by atomic mass is 35.5. The maximum atomic E-state index is 12.6. The Morgan fingerprint density at radius 1 is 1.09 bits per heavy atom. The van der Waals surface area contributed by atoms with E-state index in [1.807, 2.05) is 0 Å². The standard InChI is InChI=1S/C20H21ClN4O6S/c21-13-1-3-15(4-2-13)23-20(28)24-17(12-32(29)30)19(27)22-14-5-7-16(8-6-14)25-9-10-31-11-18(25)26/h1-8,17H,9-12H2,(H,22,27)(H,29,30)(H2,23,24,28)/p-1/t17-/m1/s1. The van der Waals surface area contributed by atoms with Crippen molar-refractivity contribution < 1.29 is 27.9 Å². The van der Waals surface area contributed by atoms with Gasteiger partial charge in [0.1, 0.15) is 12.6 Å². The fraction of sp³-hybridized carbons (Fsp3) is 0.250. The SMILES string of the molecule is O=C(Nc1ccc(Cl)cc1)N[C@H](CS(=O)[O-])C(=O)Nc1ccc(N2CCOCC2=O)cc1. The van der Waals surface area contributed by atoms with Crippen LogP contribution in [-0.2, 0) is 25.4 Å². The highest BCUT2D eigenvalue weighted by molar-refractivity contribution is 7.79. The van der Waals surface area contributed by atoms with E-state index in [4.69, 9.17) is 16.3 Å². The van der Waals surface area contributed by atoms with Gasteiger partial charge in [0, 0.05) is 34.4 Å². The fourth-order valence-electron chi connectivity index (χ4n) is 2.92. The molecule has 1 aliphatic heterocycles. The molecular formula is C20H20ClN4O6S-. The molecule has 0 bridgehead atoms. The van der Waals surface area contributed by atoms with Crippen molar-refractivity contribution in [2.75, 3.05) is 41.0 Å². The van der Waals surface area contributed by atoms with Crippen LogP contribution in [0.5, 0.6) is 0 Å². The van der Waals surface area contributed by atoms with Gasteiger partial charge in [0.15, 0.2) is 0 Å². The van der Waals surface area contributed by atoms with Crippen molar-refractivity contribution in [2.24, 2.45) is 0 Å². The molecule has 2 atom stereocenters. The Hall–Kier alpha value is -2.99. The molecule has 0 radical (unpaired) electrons. The van der Waals surface area contributed by atoms with Gasteiger partial charge in [-0.3, -0.25) is 13.8 Å². The first kappa shape index (κ1) is 23.7. The molecule has 170 valence electrons. The van der Waals surface area contributed by atoms with Gasteiger partial charge in [0.2, 0.25) is 5.91 Å². The van der Waals surface area contributed by atoms with Gasteiger partial charge in [0.05, 0.1) is 6.61 Å². The molecule has 2 aromatic carbocycles. The molecule has 1 aliphatic rings. The van der Waals surface area contributed by atoms with Gasteiger partial charge in [-0.15, -0.1) is 0 Å². The number of carbonyl (C=O) groups excluding carboxylic acids is 3. The molecule has 2 aromatic rings. The van der Waals surface area contributed by atoms with Gasteiger partial charge < -0.3 is 30.1 Å². The van der Waals surface area contributed by atoms with Crippen molar-refractivity contribution in [3.63, 3.8) is 0 Å². The van der Waals surface area contributed by atoms with E-state index in [0.29, 0.717) is 35.2 Å². The zero-order valence-corrected chi connectivity index (χ0v) is 18.3. The molecule has 1 heterocycles. The number of halogens is 1. The molecule has 10 nitrogen and oxygen atoms in total. The first-order valence-corrected chi connectivity index (χ1v) is 11.1. The number of urea groups is 1. The summed E-state index contributed by atoms with van der Waals surface area (Å²) in [6.45, 7) is 0.868. The molecule has 32 heavy (non-hydrogen) atoms. The van der Waals surface area contributed by atoms with Crippen LogP contribution in [0.4, 0.5) is 21.9 Å². The lowest BCUT2D eigenvalue weighted by Gasteiger charge is -2.27. The maximum Gasteiger partial charge on any atom is 0.319 e. The number of amides is 4. The van der Waals surface area contributed by atoms with Crippen LogP contribution in [-0.4, -0.2) is 58.2 Å². The first-order chi connectivity index (χ1) is 15.3. The second-order valence-corrected chi connectivity index (χ2v) is 8.14. The number of hydrogen-bond acceptors (Lipinski definition) is 6. The smallest absolute Gasteiger partial charge is 0.319 e. The summed E-state index contributed by atoms with van der Waals surface area (Å²) in [5.74, 6) is -1.49. The Labute approximate surface area is 191 Å². The van der Waals surface area contributed by atoms with Crippen LogP contribution < -0.4 is 20.9 Å². The Morgan fingerprint density at radius 3 is 2.34 bits per heavy atom. The number of hydrogen-bond donors (Lipinski definition) is 3. The summed E-state index contributed by atoms with van der Waals surface area (Å²) in [6, 6.07) is 10.6. The molecule has 3 rings (SSSR count). The van der Waals surface area contributed by atoms with Crippen molar-refractivity contribution in [2.45, 2.75) is 6.04 Å². The lowest BCUT2D eigenvalue weighted by Crippen LogP contribution is -2.48. The molecule has 4 amide bonds. The van der Waals surface area contributed by atoms with E-state index in [9.17, 15) is 23.1 Å². The molecule has 0 aromatic heterocycles. The molecule has 0 saturated carbocycles. The molecule has 0 aliphatic carbocycles. The molecule has 3 N–H and O–H groups in total. The van der Waals surface area contributed by atoms with E-state index in [2.05, 4.69) is 16.0 Å². The number of rotatable bonds is 7. The van der Waals surface area contributed by atoms with Gasteiger partial charge in [-0.05, 0) is 48.5 Å². The fourth-order valence-corrected chi connectivity index (χ4v) is 3.56. The van der Waals surface area contributed by atoms with Gasteiger partial charge >= 0.3 is 6.03 Å². The minimum atomic E-state index is -2.58. The molecule has 0 spiro atoms.